The molecule has 0 atom stereocenters. The lowest BCUT2D eigenvalue weighted by atomic mass is 9.81. The van der Waals surface area contributed by atoms with Crippen LogP contribution in [0.2, 0.25) is 0 Å². The van der Waals surface area contributed by atoms with E-state index in [1.807, 2.05) is 13.8 Å². The maximum atomic E-state index is 8.85. The summed E-state index contributed by atoms with van der Waals surface area (Å²) in [5.74, 6) is 1.59. The summed E-state index contributed by atoms with van der Waals surface area (Å²) in [5, 5.41) is 16.4. The van der Waals surface area contributed by atoms with Crippen LogP contribution in [-0.2, 0) is 0 Å². The van der Waals surface area contributed by atoms with E-state index >= 15 is 0 Å². The van der Waals surface area contributed by atoms with Gasteiger partial charge in [-0.2, -0.15) is 0 Å². The fourth-order valence-corrected chi connectivity index (χ4v) is 1.82. The Hall–Kier alpha value is -0.0800. The average molecular weight is 218 g/mol. The molecular weight excluding hydrogens is 188 g/mol. The maximum Gasteiger partial charge on any atom is 0.0459 e. The number of rotatable bonds is 2. The smallest absolute Gasteiger partial charge is 0.0459 e. The Balaban J connectivity index is 0. The first-order chi connectivity index (χ1) is 7.28. The van der Waals surface area contributed by atoms with Crippen LogP contribution in [-0.4, -0.2) is 23.4 Å². The molecule has 0 amide bonds. The van der Waals surface area contributed by atoms with Crippen LogP contribution in [0.15, 0.2) is 0 Å². The molecule has 1 rings (SSSR count). The van der Waals surface area contributed by atoms with Gasteiger partial charge < -0.3 is 10.2 Å². The van der Waals surface area contributed by atoms with Crippen molar-refractivity contribution in [2.45, 2.75) is 59.8 Å². The Bertz CT molecular complexity index is 84.7. The molecule has 0 aromatic heterocycles. The van der Waals surface area contributed by atoms with Gasteiger partial charge in [0.05, 0.1) is 0 Å². The van der Waals surface area contributed by atoms with Gasteiger partial charge in [0.2, 0.25) is 0 Å². The molecule has 0 aliphatic heterocycles. The second-order valence-corrected chi connectivity index (χ2v) is 3.79. The second-order valence-electron chi connectivity index (χ2n) is 3.79. The minimum Gasteiger partial charge on any atom is -0.397 e. The van der Waals surface area contributed by atoms with Crippen molar-refractivity contribution in [2.75, 3.05) is 13.2 Å². The Kier molecular flexibility index (Phi) is 16.1. The van der Waals surface area contributed by atoms with Gasteiger partial charge in [-0.3, -0.25) is 0 Å². The maximum absolute atomic E-state index is 8.85. The van der Waals surface area contributed by atoms with Crippen LogP contribution in [0.4, 0.5) is 0 Å². The third-order valence-electron chi connectivity index (χ3n) is 2.80. The molecule has 2 heteroatoms. The van der Waals surface area contributed by atoms with Crippen molar-refractivity contribution >= 4 is 0 Å². The largest absolute Gasteiger partial charge is 0.397 e. The van der Waals surface area contributed by atoms with Crippen molar-refractivity contribution in [3.8, 4) is 0 Å². The lowest BCUT2D eigenvalue weighted by molar-refractivity contribution is 0.166. The van der Waals surface area contributed by atoms with Crippen molar-refractivity contribution in [3.05, 3.63) is 0 Å². The summed E-state index contributed by atoms with van der Waals surface area (Å²) in [7, 11) is 0. The van der Waals surface area contributed by atoms with Crippen LogP contribution in [0.5, 0.6) is 0 Å². The van der Waals surface area contributed by atoms with E-state index in [-0.39, 0.29) is 6.61 Å². The summed E-state index contributed by atoms with van der Waals surface area (Å²) < 4.78 is 0. The van der Waals surface area contributed by atoms with E-state index in [1.165, 1.54) is 32.1 Å². The molecule has 0 aromatic carbocycles. The van der Waals surface area contributed by atoms with Gasteiger partial charge in [0.25, 0.3) is 0 Å². The highest BCUT2D eigenvalue weighted by atomic mass is 16.3. The van der Waals surface area contributed by atoms with Gasteiger partial charge >= 0.3 is 0 Å². The molecule has 2 nitrogen and oxygen atoms in total. The van der Waals surface area contributed by atoms with Gasteiger partial charge in [0.1, 0.15) is 0 Å². The first-order valence-corrected chi connectivity index (χ1v) is 6.50. The molecule has 2 N–H and O–H groups in total. The zero-order chi connectivity index (χ0) is 12.1. The van der Waals surface area contributed by atoms with E-state index in [0.29, 0.717) is 12.5 Å². The van der Waals surface area contributed by atoms with E-state index in [1.54, 1.807) is 6.92 Å². The van der Waals surface area contributed by atoms with Gasteiger partial charge in [0, 0.05) is 13.2 Å². The van der Waals surface area contributed by atoms with E-state index < -0.39 is 0 Å². The molecule has 0 radical (unpaired) electrons. The fraction of sp³-hybridized carbons (Fsp3) is 1.00. The van der Waals surface area contributed by atoms with Crippen molar-refractivity contribution in [1.82, 2.24) is 0 Å². The van der Waals surface area contributed by atoms with Gasteiger partial charge in [-0.15, -0.1) is 0 Å². The Labute approximate surface area is 95.7 Å². The molecule has 0 saturated heterocycles. The SMILES string of the molecule is CC.CCC1CCC(CO)CC1.CCO. The van der Waals surface area contributed by atoms with Crippen LogP contribution < -0.4 is 0 Å². The fourth-order valence-electron chi connectivity index (χ4n) is 1.82. The number of hydrogen-bond acceptors (Lipinski definition) is 2. The number of aliphatic hydroxyl groups is 2. The van der Waals surface area contributed by atoms with Crippen LogP contribution in [0.1, 0.15) is 59.8 Å². The standard InChI is InChI=1S/C9H18O.C2H6O.C2H6/c1-2-8-3-5-9(7-10)6-4-8;1-2-3;1-2/h8-10H,2-7H2,1H3;3H,2H2,1H3;1-2H3. The molecule has 1 saturated carbocycles. The first-order valence-electron chi connectivity index (χ1n) is 6.50. The topological polar surface area (TPSA) is 40.5 Å². The molecule has 1 aliphatic rings. The van der Waals surface area contributed by atoms with Crippen LogP contribution >= 0.6 is 0 Å². The predicted octanol–water partition coefficient (Wildman–Crippen LogP) is 3.22. The van der Waals surface area contributed by atoms with Crippen LogP contribution in [0.25, 0.3) is 0 Å². The quantitative estimate of drug-likeness (QED) is 0.747. The molecule has 1 aliphatic carbocycles. The summed E-state index contributed by atoms with van der Waals surface area (Å²) >= 11 is 0. The highest BCUT2D eigenvalue weighted by Gasteiger charge is 2.18. The monoisotopic (exact) mass is 218 g/mol. The van der Waals surface area contributed by atoms with Crippen LogP contribution in [0, 0.1) is 11.8 Å². The summed E-state index contributed by atoms with van der Waals surface area (Å²) in [6.45, 7) is 8.61. The van der Waals surface area contributed by atoms with Gasteiger partial charge in [0.15, 0.2) is 0 Å². The number of aliphatic hydroxyl groups excluding tert-OH is 2. The lowest BCUT2D eigenvalue weighted by Crippen LogP contribution is -2.16. The Morgan fingerprint density at radius 3 is 1.47 bits per heavy atom. The number of hydrogen-bond donors (Lipinski definition) is 2. The van der Waals surface area contributed by atoms with E-state index in [4.69, 9.17) is 10.2 Å². The van der Waals surface area contributed by atoms with E-state index in [0.717, 1.165) is 5.92 Å². The third kappa shape index (κ3) is 10.2. The molecule has 0 spiro atoms. The molecule has 94 valence electrons. The minimum absolute atomic E-state index is 0.250. The Morgan fingerprint density at radius 2 is 1.20 bits per heavy atom. The zero-order valence-corrected chi connectivity index (χ0v) is 11.0. The summed E-state index contributed by atoms with van der Waals surface area (Å²) in [5.41, 5.74) is 0. The minimum atomic E-state index is 0.250. The molecule has 0 unspecified atom stereocenters. The third-order valence-corrected chi connectivity index (χ3v) is 2.80. The average Bonchev–Trinajstić information content (AvgIpc) is 2.33. The first kappa shape index (κ1) is 17.3. The van der Waals surface area contributed by atoms with E-state index in [2.05, 4.69) is 6.92 Å². The van der Waals surface area contributed by atoms with E-state index in [9.17, 15) is 0 Å². The van der Waals surface area contributed by atoms with Crippen molar-refractivity contribution in [2.24, 2.45) is 11.8 Å². The molecule has 0 heterocycles. The summed E-state index contributed by atoms with van der Waals surface area (Å²) in [4.78, 5) is 0. The van der Waals surface area contributed by atoms with Gasteiger partial charge in [-0.1, -0.05) is 40.0 Å². The Morgan fingerprint density at radius 1 is 0.867 bits per heavy atom. The zero-order valence-electron chi connectivity index (χ0n) is 11.0. The van der Waals surface area contributed by atoms with Crippen molar-refractivity contribution < 1.29 is 10.2 Å². The highest BCUT2D eigenvalue weighted by Crippen LogP contribution is 2.29. The second kappa shape index (κ2) is 13.9. The molecular formula is C13H30O2. The van der Waals surface area contributed by atoms with Crippen molar-refractivity contribution in [1.29, 1.82) is 0 Å². The summed E-state index contributed by atoms with van der Waals surface area (Å²) in [6, 6.07) is 0. The summed E-state index contributed by atoms with van der Waals surface area (Å²) in [6.07, 6.45) is 6.55. The highest BCUT2D eigenvalue weighted by molar-refractivity contribution is 4.70. The lowest BCUT2D eigenvalue weighted by Gasteiger charge is -2.26. The molecule has 0 bridgehead atoms. The van der Waals surface area contributed by atoms with Gasteiger partial charge in [-0.05, 0) is 31.6 Å². The predicted molar refractivity (Wildman–Crippen MR) is 66.9 cm³/mol. The normalized spacial score (nSPS) is 24.4. The molecule has 1 fully saturated rings. The van der Waals surface area contributed by atoms with Gasteiger partial charge in [-0.25, -0.2) is 0 Å². The molecule has 15 heavy (non-hydrogen) atoms. The van der Waals surface area contributed by atoms with Crippen LogP contribution in [0.3, 0.4) is 0 Å². The molecule has 0 aromatic rings. The van der Waals surface area contributed by atoms with Crippen molar-refractivity contribution in [3.63, 3.8) is 0 Å².